The Hall–Kier alpha value is -1.70. The highest BCUT2D eigenvalue weighted by molar-refractivity contribution is 5.57. The Morgan fingerprint density at radius 1 is 1.00 bits per heavy atom. The maximum absolute atomic E-state index is 3.52. The summed E-state index contributed by atoms with van der Waals surface area (Å²) in [6.45, 7) is 5.43. The number of rotatable bonds is 1. The van der Waals surface area contributed by atoms with Gasteiger partial charge in [0, 0.05) is 29.3 Å². The Kier molecular flexibility index (Phi) is 2.86. The van der Waals surface area contributed by atoms with Crippen LogP contribution in [-0.2, 0) is 6.42 Å². The first-order chi connectivity index (χ1) is 8.75. The first kappa shape index (κ1) is 11.4. The molecule has 1 aromatic carbocycles. The zero-order chi connectivity index (χ0) is 12.5. The third-order valence-electron chi connectivity index (χ3n) is 3.81. The number of fused-ring (bicyclic) bond motifs is 1. The van der Waals surface area contributed by atoms with Crippen molar-refractivity contribution in [3.05, 3.63) is 47.3 Å². The van der Waals surface area contributed by atoms with Crippen LogP contribution in [0.1, 0.15) is 29.8 Å². The molecule has 0 amide bonds. The molecule has 0 unspecified atom stereocenters. The summed E-state index contributed by atoms with van der Waals surface area (Å²) in [5.74, 6) is 0. The van der Waals surface area contributed by atoms with Gasteiger partial charge in [-0.1, -0.05) is 0 Å². The summed E-state index contributed by atoms with van der Waals surface area (Å²) in [6.07, 6.45) is 3.74. The molecule has 1 aromatic heterocycles. The molecule has 2 heteroatoms. The standard InChI is InChI=1S/C16H20N2/c1-12-6-7-13(2)18(12)15-8-9-16-14(11-15)5-3-4-10-17-16/h6-9,11,17H,3-5,10H2,1-2H3. The fraction of sp³-hybridized carbons (Fsp3) is 0.375. The van der Waals surface area contributed by atoms with E-state index in [1.165, 1.54) is 47.6 Å². The van der Waals surface area contributed by atoms with Crippen LogP contribution >= 0.6 is 0 Å². The van der Waals surface area contributed by atoms with Crippen LogP contribution in [0.4, 0.5) is 5.69 Å². The monoisotopic (exact) mass is 240 g/mol. The number of anilines is 1. The van der Waals surface area contributed by atoms with Crippen LogP contribution in [0.3, 0.4) is 0 Å². The molecule has 18 heavy (non-hydrogen) atoms. The van der Waals surface area contributed by atoms with Gasteiger partial charge in [0.05, 0.1) is 0 Å². The summed E-state index contributed by atoms with van der Waals surface area (Å²) in [5.41, 5.74) is 6.66. The van der Waals surface area contributed by atoms with E-state index in [1.54, 1.807) is 0 Å². The van der Waals surface area contributed by atoms with Crippen LogP contribution in [0.5, 0.6) is 0 Å². The van der Waals surface area contributed by atoms with Crippen molar-refractivity contribution in [2.75, 3.05) is 11.9 Å². The summed E-state index contributed by atoms with van der Waals surface area (Å²) < 4.78 is 2.32. The van der Waals surface area contributed by atoms with Crippen LogP contribution in [-0.4, -0.2) is 11.1 Å². The van der Waals surface area contributed by atoms with E-state index < -0.39 is 0 Å². The highest BCUT2D eigenvalue weighted by atomic mass is 15.0. The van der Waals surface area contributed by atoms with Crippen LogP contribution < -0.4 is 5.32 Å². The fourth-order valence-corrected chi connectivity index (χ4v) is 2.84. The predicted octanol–water partition coefficient (Wildman–Crippen LogP) is 3.84. The summed E-state index contributed by atoms with van der Waals surface area (Å²) in [7, 11) is 0. The molecule has 0 saturated carbocycles. The highest BCUT2D eigenvalue weighted by Gasteiger charge is 2.10. The van der Waals surface area contributed by atoms with E-state index >= 15 is 0 Å². The Balaban J connectivity index is 2.07. The van der Waals surface area contributed by atoms with Gasteiger partial charge in [0.15, 0.2) is 0 Å². The summed E-state index contributed by atoms with van der Waals surface area (Å²) in [5, 5.41) is 3.52. The average molecular weight is 240 g/mol. The SMILES string of the molecule is Cc1ccc(C)n1-c1ccc2c(c1)CCCCN2. The number of aryl methyl sites for hydroxylation is 3. The van der Waals surface area contributed by atoms with Gasteiger partial charge in [-0.3, -0.25) is 0 Å². The van der Waals surface area contributed by atoms with Crippen molar-refractivity contribution < 1.29 is 0 Å². The second kappa shape index (κ2) is 4.52. The van der Waals surface area contributed by atoms with Gasteiger partial charge in [0.25, 0.3) is 0 Å². The minimum absolute atomic E-state index is 1.11. The lowest BCUT2D eigenvalue weighted by Gasteiger charge is -2.13. The Morgan fingerprint density at radius 2 is 1.78 bits per heavy atom. The van der Waals surface area contributed by atoms with Gasteiger partial charge in [0.2, 0.25) is 0 Å². The normalized spacial score (nSPS) is 14.8. The van der Waals surface area contributed by atoms with Gasteiger partial charge in [0.1, 0.15) is 0 Å². The van der Waals surface area contributed by atoms with Crippen LogP contribution in [0, 0.1) is 13.8 Å². The number of nitrogens with zero attached hydrogens (tertiary/aromatic N) is 1. The van der Waals surface area contributed by atoms with Gasteiger partial charge in [-0.05, 0) is 69.0 Å². The minimum atomic E-state index is 1.11. The van der Waals surface area contributed by atoms with E-state index in [1.807, 2.05) is 0 Å². The van der Waals surface area contributed by atoms with E-state index in [9.17, 15) is 0 Å². The first-order valence-electron chi connectivity index (χ1n) is 6.78. The molecule has 0 bridgehead atoms. The number of nitrogens with one attached hydrogen (secondary N) is 1. The average Bonchev–Trinajstić information content (AvgIpc) is 2.59. The predicted molar refractivity (Wildman–Crippen MR) is 76.7 cm³/mol. The maximum Gasteiger partial charge on any atom is 0.0459 e. The van der Waals surface area contributed by atoms with Crippen molar-refractivity contribution in [2.24, 2.45) is 0 Å². The zero-order valence-corrected chi connectivity index (χ0v) is 11.2. The molecule has 2 aromatic rings. The van der Waals surface area contributed by atoms with Crippen molar-refractivity contribution in [3.8, 4) is 5.69 Å². The van der Waals surface area contributed by atoms with Crippen molar-refractivity contribution in [3.63, 3.8) is 0 Å². The lowest BCUT2D eigenvalue weighted by Crippen LogP contribution is -2.02. The van der Waals surface area contributed by atoms with Gasteiger partial charge in [-0.25, -0.2) is 0 Å². The molecule has 0 spiro atoms. The molecular weight excluding hydrogens is 220 g/mol. The summed E-state index contributed by atoms with van der Waals surface area (Å²) in [6, 6.07) is 11.2. The number of hydrogen-bond acceptors (Lipinski definition) is 1. The number of aromatic nitrogens is 1. The van der Waals surface area contributed by atoms with Crippen LogP contribution in [0.25, 0.3) is 5.69 Å². The quantitative estimate of drug-likeness (QED) is 0.801. The first-order valence-corrected chi connectivity index (χ1v) is 6.78. The van der Waals surface area contributed by atoms with Gasteiger partial charge < -0.3 is 9.88 Å². The second-order valence-corrected chi connectivity index (χ2v) is 5.18. The zero-order valence-electron chi connectivity index (χ0n) is 11.2. The van der Waals surface area contributed by atoms with E-state index in [-0.39, 0.29) is 0 Å². The van der Waals surface area contributed by atoms with Gasteiger partial charge in [-0.15, -0.1) is 0 Å². The molecule has 0 aliphatic carbocycles. The molecule has 1 N–H and O–H groups in total. The molecule has 0 radical (unpaired) electrons. The minimum Gasteiger partial charge on any atom is -0.385 e. The third kappa shape index (κ3) is 1.92. The van der Waals surface area contributed by atoms with Crippen molar-refractivity contribution in [1.82, 2.24) is 4.57 Å². The molecule has 94 valence electrons. The molecule has 0 fully saturated rings. The maximum atomic E-state index is 3.52. The van der Waals surface area contributed by atoms with Crippen LogP contribution in [0.2, 0.25) is 0 Å². The summed E-state index contributed by atoms with van der Waals surface area (Å²) >= 11 is 0. The van der Waals surface area contributed by atoms with Gasteiger partial charge in [-0.2, -0.15) is 0 Å². The number of benzene rings is 1. The molecule has 2 nitrogen and oxygen atoms in total. The fourth-order valence-electron chi connectivity index (χ4n) is 2.84. The largest absolute Gasteiger partial charge is 0.385 e. The summed E-state index contributed by atoms with van der Waals surface area (Å²) in [4.78, 5) is 0. The van der Waals surface area contributed by atoms with E-state index in [4.69, 9.17) is 0 Å². The number of hydrogen-bond donors (Lipinski definition) is 1. The van der Waals surface area contributed by atoms with Crippen molar-refractivity contribution in [1.29, 1.82) is 0 Å². The Labute approximate surface area is 109 Å². The van der Waals surface area contributed by atoms with E-state index in [0.717, 1.165) is 6.54 Å². The molecule has 3 rings (SSSR count). The Morgan fingerprint density at radius 3 is 2.56 bits per heavy atom. The topological polar surface area (TPSA) is 17.0 Å². The lowest BCUT2D eigenvalue weighted by molar-refractivity contribution is 0.785. The molecule has 0 atom stereocenters. The van der Waals surface area contributed by atoms with Crippen molar-refractivity contribution in [2.45, 2.75) is 33.1 Å². The molecular formula is C16H20N2. The highest BCUT2D eigenvalue weighted by Crippen LogP contribution is 2.26. The molecule has 1 aliphatic rings. The molecule has 0 saturated heterocycles. The molecule has 1 aliphatic heterocycles. The molecule has 2 heterocycles. The van der Waals surface area contributed by atoms with Crippen LogP contribution in [0.15, 0.2) is 30.3 Å². The van der Waals surface area contributed by atoms with Crippen molar-refractivity contribution >= 4 is 5.69 Å². The smallest absolute Gasteiger partial charge is 0.0459 e. The lowest BCUT2D eigenvalue weighted by atomic mass is 10.1. The second-order valence-electron chi connectivity index (χ2n) is 5.18. The Bertz CT molecular complexity index is 547. The van der Waals surface area contributed by atoms with E-state index in [2.05, 4.69) is 54.1 Å². The third-order valence-corrected chi connectivity index (χ3v) is 3.81. The van der Waals surface area contributed by atoms with E-state index in [0.29, 0.717) is 0 Å². The van der Waals surface area contributed by atoms with Gasteiger partial charge >= 0.3 is 0 Å².